The molecule has 2 heterocycles. The van der Waals surface area contributed by atoms with Crippen LogP contribution in [0.15, 0.2) is 60.7 Å². The molecule has 2 saturated heterocycles. The molecule has 4 rings (SSSR count). The summed E-state index contributed by atoms with van der Waals surface area (Å²) >= 11 is 0. The highest BCUT2D eigenvalue weighted by atomic mass is 28.4. The Kier molecular flexibility index (Phi) is 16.5. The van der Waals surface area contributed by atoms with E-state index in [9.17, 15) is 39.0 Å². The van der Waals surface area contributed by atoms with Gasteiger partial charge in [-0.1, -0.05) is 81.4 Å². The number of carbonyl (C=O) groups excluding carboxylic acids is 6. The summed E-state index contributed by atoms with van der Waals surface area (Å²) in [7, 11) is -3.27. The van der Waals surface area contributed by atoms with Gasteiger partial charge in [0, 0.05) is 41.5 Å². The lowest BCUT2D eigenvalue weighted by Gasteiger charge is -2.49. The number of rotatable bonds is 15. The highest BCUT2D eigenvalue weighted by Gasteiger charge is 2.59. The summed E-state index contributed by atoms with van der Waals surface area (Å²) in [4.78, 5) is 74.3. The van der Waals surface area contributed by atoms with Crippen molar-refractivity contribution in [1.29, 1.82) is 0 Å². The lowest BCUT2D eigenvalue weighted by atomic mass is 9.93. The minimum atomic E-state index is -3.27. The van der Waals surface area contributed by atoms with Crippen LogP contribution >= 0.6 is 0 Å². The molecule has 0 bridgehead atoms. The third kappa shape index (κ3) is 11.7. The fourth-order valence-electron chi connectivity index (χ4n) is 7.46. The summed E-state index contributed by atoms with van der Waals surface area (Å²) < 4.78 is 58.0. The average Bonchev–Trinajstić information content (AvgIpc) is 3.15. The van der Waals surface area contributed by atoms with Crippen LogP contribution in [-0.2, 0) is 75.8 Å². The van der Waals surface area contributed by atoms with Crippen LogP contribution in [0.25, 0.3) is 0 Å². The third-order valence-electron chi connectivity index (χ3n) is 9.68. The Hall–Kier alpha value is -4.76. The predicted octanol–water partition coefficient (Wildman–Crippen LogP) is 0.973. The number of aliphatic hydroxyl groups excluding tert-OH is 2. The number of esters is 6. The van der Waals surface area contributed by atoms with Crippen LogP contribution < -0.4 is 10.4 Å². The molecule has 0 radical (unpaired) electrons. The van der Waals surface area contributed by atoms with E-state index in [4.69, 9.17) is 47.1 Å². The Morgan fingerprint density at radius 2 is 1.12 bits per heavy atom. The Bertz CT molecular complexity index is 1760. The summed E-state index contributed by atoms with van der Waals surface area (Å²) in [5.74, 6) is -5.41. The second kappa shape index (κ2) is 20.7. The minimum Gasteiger partial charge on any atom is -0.462 e. The molecule has 2 aromatic carbocycles. The van der Waals surface area contributed by atoms with Crippen molar-refractivity contribution in [2.24, 2.45) is 0 Å². The molecular weight excluding hydrogens is 809 g/mol. The zero-order valence-electron chi connectivity index (χ0n) is 35.0. The van der Waals surface area contributed by atoms with Gasteiger partial charge in [0.15, 0.2) is 43.1 Å². The fraction of sp³-hybridized carbons (Fsp3) is 0.561. The van der Waals surface area contributed by atoms with Crippen molar-refractivity contribution in [2.75, 3.05) is 13.2 Å². The molecule has 18 nitrogen and oxygen atoms in total. The van der Waals surface area contributed by atoms with Crippen LogP contribution in [0.3, 0.4) is 0 Å². The SMILES string of the molecule is CC(=O)OC[C@H](OC(C)=O)[C@H]1O[C@@H](O[C@H]2[C@H](O)[C@@H](CO[Si](c3ccccc3)(c3ccccc3)C(C)(C)C)O[C@H](O)[C@H]2OC(C)=O)[C@@H](OC(C)=O)[C@@H](OC(C)=O)[C@@H]1OC(C)=O. The first kappa shape index (κ1) is 47.9. The lowest BCUT2D eigenvalue weighted by Crippen LogP contribution is -2.69. The maximum atomic E-state index is 12.6. The van der Waals surface area contributed by atoms with Crippen LogP contribution in [0.1, 0.15) is 62.3 Å². The number of hydrogen-bond acceptors (Lipinski definition) is 18. The van der Waals surface area contributed by atoms with E-state index >= 15 is 0 Å². The number of aliphatic hydroxyl groups is 2. The molecule has 330 valence electrons. The Morgan fingerprint density at radius 1 is 0.633 bits per heavy atom. The van der Waals surface area contributed by atoms with E-state index in [0.717, 1.165) is 51.9 Å². The largest absolute Gasteiger partial charge is 0.462 e. The second-order valence-electron chi connectivity index (χ2n) is 15.3. The van der Waals surface area contributed by atoms with E-state index in [1.807, 2.05) is 81.4 Å². The van der Waals surface area contributed by atoms with E-state index in [1.54, 1.807) is 0 Å². The highest BCUT2D eigenvalue weighted by molar-refractivity contribution is 6.99. The second-order valence-corrected chi connectivity index (χ2v) is 19.7. The van der Waals surface area contributed by atoms with Gasteiger partial charge >= 0.3 is 35.8 Å². The molecule has 0 amide bonds. The Labute approximate surface area is 348 Å². The first-order valence-corrected chi connectivity index (χ1v) is 21.1. The van der Waals surface area contributed by atoms with Crippen molar-refractivity contribution in [3.8, 4) is 0 Å². The molecule has 19 heteroatoms. The molecule has 60 heavy (non-hydrogen) atoms. The summed E-state index contributed by atoms with van der Waals surface area (Å²) in [5, 5.41) is 24.8. The number of ether oxygens (including phenoxy) is 9. The minimum absolute atomic E-state index is 0.332. The Morgan fingerprint density at radius 3 is 1.58 bits per heavy atom. The standard InChI is InChI=1S/C41H54O18Si/c1-22(42)50-20-31(52-23(2)43)33-35(53-24(3)44)36(54-25(4)45)38(56-27(6)47)40(58-33)59-34-32(48)30(57-39(49)37(34)55-26(5)46)21-51-60(41(7,8)9,28-16-12-10-13-17-28)29-18-14-11-15-19-29/h10-19,30-40,48-49H,20-21H2,1-9H3/t30-,31+,32-,33-,34+,35-,36+,37+,38+,39+,40+/m1/s1. The van der Waals surface area contributed by atoms with Gasteiger partial charge in [-0.05, 0) is 15.4 Å². The van der Waals surface area contributed by atoms with Crippen molar-refractivity contribution < 1.29 is 86.0 Å². The zero-order chi connectivity index (χ0) is 44.5. The quantitative estimate of drug-likeness (QED) is 0.144. The smallest absolute Gasteiger partial charge is 0.303 e. The molecule has 0 spiro atoms. The molecule has 2 aliphatic heterocycles. The number of hydrogen-bond donors (Lipinski definition) is 2. The van der Waals surface area contributed by atoms with Crippen molar-refractivity contribution >= 4 is 54.5 Å². The van der Waals surface area contributed by atoms with Crippen molar-refractivity contribution in [1.82, 2.24) is 0 Å². The first-order valence-electron chi connectivity index (χ1n) is 19.2. The van der Waals surface area contributed by atoms with E-state index < -0.39 is 123 Å². The van der Waals surface area contributed by atoms with Gasteiger partial charge in [-0.15, -0.1) is 0 Å². The van der Waals surface area contributed by atoms with Crippen molar-refractivity contribution in [2.45, 2.75) is 135 Å². The summed E-state index contributed by atoms with van der Waals surface area (Å²) in [6.07, 6.45) is -19.1. The van der Waals surface area contributed by atoms with Crippen LogP contribution in [-0.4, -0.2) is 135 Å². The molecule has 11 atom stereocenters. The predicted molar refractivity (Wildman–Crippen MR) is 208 cm³/mol. The van der Waals surface area contributed by atoms with Crippen LogP contribution in [0.5, 0.6) is 0 Å². The van der Waals surface area contributed by atoms with Gasteiger partial charge in [0.2, 0.25) is 0 Å². The molecule has 0 aromatic heterocycles. The van der Waals surface area contributed by atoms with Gasteiger partial charge < -0.3 is 57.3 Å². The maximum Gasteiger partial charge on any atom is 0.303 e. The van der Waals surface area contributed by atoms with Crippen LogP contribution in [0.4, 0.5) is 0 Å². The van der Waals surface area contributed by atoms with Gasteiger partial charge in [0.1, 0.15) is 31.0 Å². The van der Waals surface area contributed by atoms with Gasteiger partial charge in [-0.3, -0.25) is 28.8 Å². The lowest BCUT2D eigenvalue weighted by molar-refractivity contribution is -0.361. The molecule has 0 saturated carbocycles. The van der Waals surface area contributed by atoms with E-state index in [2.05, 4.69) is 0 Å². The van der Waals surface area contributed by atoms with Gasteiger partial charge in [0.25, 0.3) is 8.32 Å². The summed E-state index contributed by atoms with van der Waals surface area (Å²) in [5.41, 5.74) is 0. The van der Waals surface area contributed by atoms with Crippen LogP contribution in [0, 0.1) is 0 Å². The van der Waals surface area contributed by atoms with Gasteiger partial charge in [0.05, 0.1) is 6.61 Å². The third-order valence-corrected chi connectivity index (χ3v) is 14.7. The van der Waals surface area contributed by atoms with E-state index in [-0.39, 0.29) is 6.61 Å². The molecule has 0 unspecified atom stereocenters. The van der Waals surface area contributed by atoms with E-state index in [0.29, 0.717) is 0 Å². The Balaban J connectivity index is 1.82. The summed E-state index contributed by atoms with van der Waals surface area (Å²) in [6, 6.07) is 19.2. The molecule has 0 aliphatic carbocycles. The normalized spacial score (nSPS) is 27.4. The van der Waals surface area contributed by atoms with Crippen LogP contribution in [0.2, 0.25) is 5.04 Å². The molecular formula is C41H54O18Si. The number of benzene rings is 2. The topological polar surface area (TPSA) is 235 Å². The molecule has 2 aromatic rings. The van der Waals surface area contributed by atoms with Gasteiger partial charge in [-0.25, -0.2) is 0 Å². The average molecular weight is 863 g/mol. The first-order chi connectivity index (χ1) is 28.2. The van der Waals surface area contributed by atoms with Crippen molar-refractivity contribution in [3.05, 3.63) is 60.7 Å². The summed E-state index contributed by atoms with van der Waals surface area (Å²) in [6.45, 7) is 11.3. The highest BCUT2D eigenvalue weighted by Crippen LogP contribution is 2.39. The van der Waals surface area contributed by atoms with E-state index in [1.165, 1.54) is 0 Å². The molecule has 2 fully saturated rings. The zero-order valence-corrected chi connectivity index (χ0v) is 36.0. The molecule has 2 aliphatic rings. The fourth-order valence-corrected chi connectivity index (χ4v) is 12.0. The monoisotopic (exact) mass is 862 g/mol. The maximum absolute atomic E-state index is 12.6. The number of carbonyl (C=O) groups is 6. The molecule has 2 N–H and O–H groups in total. The van der Waals surface area contributed by atoms with Crippen molar-refractivity contribution in [3.63, 3.8) is 0 Å². The van der Waals surface area contributed by atoms with Gasteiger partial charge in [-0.2, -0.15) is 0 Å².